The van der Waals surface area contributed by atoms with Gasteiger partial charge in [0, 0.05) is 10.5 Å². The quantitative estimate of drug-likeness (QED) is 0.518. The molecule has 1 aliphatic rings. The Morgan fingerprint density at radius 1 is 1.62 bits per heavy atom. The normalized spacial score (nSPS) is 39.4. The van der Waals surface area contributed by atoms with Gasteiger partial charge in [-0.15, -0.1) is 0 Å². The van der Waals surface area contributed by atoms with Gasteiger partial charge in [0.1, 0.15) is 0 Å². The summed E-state index contributed by atoms with van der Waals surface area (Å²) in [6, 6.07) is 0. The fourth-order valence-electron chi connectivity index (χ4n) is 1.03. The van der Waals surface area contributed by atoms with Gasteiger partial charge in [0.25, 0.3) is 0 Å². The predicted octanol–water partition coefficient (Wildman–Crippen LogP) is 2.54. The second-order valence-electron chi connectivity index (χ2n) is 2.69. The molecule has 0 radical (unpaired) electrons. The van der Waals surface area contributed by atoms with Crippen LogP contribution in [-0.2, 0) is 0 Å². The molecule has 1 fully saturated rings. The van der Waals surface area contributed by atoms with Crippen LogP contribution in [0.15, 0.2) is 0 Å². The first kappa shape index (κ1) is 6.47. The first-order valence-corrected chi connectivity index (χ1v) is 4.35. The van der Waals surface area contributed by atoms with Crippen LogP contribution in [0.1, 0.15) is 27.2 Å². The van der Waals surface area contributed by atoms with Gasteiger partial charge in [0.15, 0.2) is 0 Å². The van der Waals surface area contributed by atoms with Gasteiger partial charge >= 0.3 is 0 Å². The lowest BCUT2D eigenvalue weighted by molar-refractivity contribution is 0.565. The Morgan fingerprint density at radius 2 is 2.12 bits per heavy atom. The van der Waals surface area contributed by atoms with E-state index in [1.807, 2.05) is 0 Å². The van der Waals surface area contributed by atoms with E-state index in [0.29, 0.717) is 0 Å². The van der Waals surface area contributed by atoms with E-state index in [1.165, 1.54) is 6.42 Å². The molecule has 0 nitrogen and oxygen atoms in total. The van der Waals surface area contributed by atoms with E-state index in [0.717, 1.165) is 16.4 Å². The summed E-state index contributed by atoms with van der Waals surface area (Å²) in [4.78, 5) is 0. The van der Waals surface area contributed by atoms with Crippen molar-refractivity contribution in [2.45, 2.75) is 37.7 Å². The van der Waals surface area contributed by atoms with Crippen molar-refractivity contribution in [2.24, 2.45) is 5.92 Å². The van der Waals surface area contributed by atoms with Crippen LogP contribution in [0.4, 0.5) is 0 Å². The van der Waals surface area contributed by atoms with Gasteiger partial charge < -0.3 is 0 Å². The smallest absolute Gasteiger partial charge is 0.0192 e. The maximum absolute atomic E-state index is 2.35. The minimum atomic E-state index is 0.954. The van der Waals surface area contributed by atoms with Gasteiger partial charge in [-0.25, -0.2) is 0 Å². The lowest BCUT2D eigenvalue weighted by Gasteiger charge is -2.01. The van der Waals surface area contributed by atoms with Gasteiger partial charge in [-0.3, -0.25) is 0 Å². The molecule has 0 aromatic heterocycles. The highest BCUT2D eigenvalue weighted by atomic mass is 32.2. The molecule has 3 atom stereocenters. The van der Waals surface area contributed by atoms with Gasteiger partial charge in [0.2, 0.25) is 0 Å². The van der Waals surface area contributed by atoms with E-state index in [-0.39, 0.29) is 0 Å². The fourth-order valence-corrected chi connectivity index (χ4v) is 2.17. The van der Waals surface area contributed by atoms with Crippen LogP contribution in [0.5, 0.6) is 0 Å². The van der Waals surface area contributed by atoms with Crippen molar-refractivity contribution in [1.82, 2.24) is 0 Å². The minimum absolute atomic E-state index is 0.954. The van der Waals surface area contributed by atoms with Crippen LogP contribution in [-0.4, -0.2) is 10.5 Å². The van der Waals surface area contributed by atoms with Gasteiger partial charge in [-0.1, -0.05) is 27.2 Å². The first-order valence-electron chi connectivity index (χ1n) is 3.41. The van der Waals surface area contributed by atoms with E-state index >= 15 is 0 Å². The van der Waals surface area contributed by atoms with Crippen LogP contribution in [0.2, 0.25) is 0 Å². The Labute approximate surface area is 56.0 Å². The zero-order chi connectivity index (χ0) is 6.15. The van der Waals surface area contributed by atoms with E-state index in [9.17, 15) is 0 Å². The van der Waals surface area contributed by atoms with Crippen LogP contribution in [0.25, 0.3) is 0 Å². The van der Waals surface area contributed by atoms with E-state index in [1.54, 1.807) is 0 Å². The molecular formula is C7H14S. The molecule has 1 rings (SSSR count). The number of rotatable bonds is 2. The fraction of sp³-hybridized carbons (Fsp3) is 1.00. The molecule has 1 aliphatic heterocycles. The van der Waals surface area contributed by atoms with Gasteiger partial charge in [-0.2, -0.15) is 11.8 Å². The van der Waals surface area contributed by atoms with Crippen molar-refractivity contribution in [3.63, 3.8) is 0 Å². The Morgan fingerprint density at radius 3 is 2.25 bits per heavy atom. The lowest BCUT2D eigenvalue weighted by Crippen LogP contribution is -2.02. The summed E-state index contributed by atoms with van der Waals surface area (Å²) in [5.41, 5.74) is 0. The highest BCUT2D eigenvalue weighted by molar-refractivity contribution is 8.07. The standard InChI is InChI=1S/C7H14S/c1-4-5(2)7-6(3)8-7/h5-7H,4H2,1-3H3. The Balaban J connectivity index is 2.18. The molecule has 0 bridgehead atoms. The summed E-state index contributed by atoms with van der Waals surface area (Å²) in [6.07, 6.45) is 1.35. The Kier molecular flexibility index (Phi) is 1.86. The lowest BCUT2D eigenvalue weighted by atomic mass is 10.0. The molecule has 0 saturated carbocycles. The molecular weight excluding hydrogens is 116 g/mol. The summed E-state index contributed by atoms with van der Waals surface area (Å²) in [6.45, 7) is 6.94. The third-order valence-corrected chi connectivity index (χ3v) is 3.56. The highest BCUT2D eigenvalue weighted by Gasteiger charge is 2.37. The third-order valence-electron chi connectivity index (χ3n) is 1.96. The van der Waals surface area contributed by atoms with Crippen molar-refractivity contribution in [2.75, 3.05) is 0 Å². The van der Waals surface area contributed by atoms with Crippen molar-refractivity contribution in [3.8, 4) is 0 Å². The average molecular weight is 130 g/mol. The number of hydrogen-bond acceptors (Lipinski definition) is 1. The first-order chi connectivity index (χ1) is 3.75. The molecule has 0 aliphatic carbocycles. The second-order valence-corrected chi connectivity index (χ2v) is 4.25. The number of thioether (sulfide) groups is 1. The van der Waals surface area contributed by atoms with E-state index in [2.05, 4.69) is 32.5 Å². The average Bonchev–Trinajstić information content (AvgIpc) is 2.45. The molecule has 0 aromatic carbocycles. The summed E-state index contributed by atoms with van der Waals surface area (Å²) < 4.78 is 0. The van der Waals surface area contributed by atoms with Crippen LogP contribution < -0.4 is 0 Å². The second kappa shape index (κ2) is 2.30. The van der Waals surface area contributed by atoms with Crippen molar-refractivity contribution in [3.05, 3.63) is 0 Å². The number of hydrogen-bond donors (Lipinski definition) is 0. The van der Waals surface area contributed by atoms with E-state index < -0.39 is 0 Å². The monoisotopic (exact) mass is 130 g/mol. The maximum atomic E-state index is 2.35. The molecule has 48 valence electrons. The Bertz CT molecular complexity index is 78.5. The van der Waals surface area contributed by atoms with Gasteiger partial charge in [-0.05, 0) is 5.92 Å². The zero-order valence-corrected chi connectivity index (χ0v) is 6.66. The summed E-state index contributed by atoms with van der Waals surface area (Å²) >= 11 is 2.12. The summed E-state index contributed by atoms with van der Waals surface area (Å²) in [5.74, 6) is 0.954. The molecule has 0 spiro atoms. The highest BCUT2D eigenvalue weighted by Crippen LogP contribution is 2.46. The molecule has 3 unspecified atom stereocenters. The molecule has 8 heavy (non-hydrogen) atoms. The summed E-state index contributed by atoms with van der Waals surface area (Å²) in [5, 5.41) is 1.96. The molecule has 1 heteroatoms. The molecule has 1 heterocycles. The Hall–Kier alpha value is 0.350. The predicted molar refractivity (Wildman–Crippen MR) is 40.3 cm³/mol. The maximum Gasteiger partial charge on any atom is 0.0192 e. The molecule has 0 aromatic rings. The molecule has 1 saturated heterocycles. The van der Waals surface area contributed by atoms with Crippen molar-refractivity contribution < 1.29 is 0 Å². The van der Waals surface area contributed by atoms with Crippen molar-refractivity contribution in [1.29, 1.82) is 0 Å². The van der Waals surface area contributed by atoms with E-state index in [4.69, 9.17) is 0 Å². The third kappa shape index (κ3) is 1.19. The minimum Gasteiger partial charge on any atom is -0.153 e. The zero-order valence-electron chi connectivity index (χ0n) is 5.85. The largest absolute Gasteiger partial charge is 0.153 e. The van der Waals surface area contributed by atoms with Crippen molar-refractivity contribution >= 4 is 11.8 Å². The van der Waals surface area contributed by atoms with Crippen LogP contribution in [0, 0.1) is 5.92 Å². The SMILES string of the molecule is CCC(C)C1SC1C. The molecule has 0 N–H and O–H groups in total. The van der Waals surface area contributed by atoms with Gasteiger partial charge in [0.05, 0.1) is 0 Å². The van der Waals surface area contributed by atoms with Crippen LogP contribution in [0.3, 0.4) is 0 Å². The molecule has 0 amide bonds. The topological polar surface area (TPSA) is 0 Å². The van der Waals surface area contributed by atoms with Crippen LogP contribution >= 0.6 is 11.8 Å². The summed E-state index contributed by atoms with van der Waals surface area (Å²) in [7, 11) is 0.